The van der Waals surface area contributed by atoms with E-state index >= 15 is 0 Å². The summed E-state index contributed by atoms with van der Waals surface area (Å²) >= 11 is 0. The molecule has 1 N–H and O–H groups in total. The second-order valence-corrected chi connectivity index (χ2v) is 3.26. The maximum absolute atomic E-state index is 11.4. The Balaban J connectivity index is 2.35. The Bertz CT molecular complexity index is 437. The fourth-order valence-electron chi connectivity index (χ4n) is 1.38. The number of amides is 3. The van der Waals surface area contributed by atoms with Crippen molar-refractivity contribution in [1.29, 1.82) is 0 Å². The van der Waals surface area contributed by atoms with E-state index in [0.29, 0.717) is 5.70 Å². The Labute approximate surface area is 87.2 Å². The molecule has 1 aromatic rings. The third-order valence-corrected chi connectivity index (χ3v) is 2.22. The maximum atomic E-state index is 11.4. The zero-order valence-electron chi connectivity index (χ0n) is 8.23. The molecule has 3 amide bonds. The predicted octanol–water partition coefficient (Wildman–Crippen LogP) is 1.21. The van der Waals surface area contributed by atoms with Gasteiger partial charge in [-0.2, -0.15) is 0 Å². The number of imide groups is 1. The highest BCUT2D eigenvalue weighted by molar-refractivity contribution is 6.13. The normalized spacial score (nSPS) is 18.5. The average molecular weight is 202 g/mol. The number of likely N-dealkylation sites (N-methyl/N-ethyl adjacent to an activating group) is 1. The van der Waals surface area contributed by atoms with E-state index in [9.17, 15) is 9.59 Å². The topological polar surface area (TPSA) is 49.4 Å². The fraction of sp³-hybridized carbons (Fsp3) is 0.0909. The Morgan fingerprint density at radius 1 is 1.20 bits per heavy atom. The first-order chi connectivity index (χ1) is 7.18. The van der Waals surface area contributed by atoms with E-state index < -0.39 is 0 Å². The number of benzene rings is 1. The fourth-order valence-corrected chi connectivity index (χ4v) is 1.38. The van der Waals surface area contributed by atoms with Gasteiger partial charge < -0.3 is 0 Å². The van der Waals surface area contributed by atoms with Crippen LogP contribution in [0.1, 0.15) is 5.56 Å². The summed E-state index contributed by atoms with van der Waals surface area (Å²) in [6.07, 6.45) is 1.68. The number of hydrogen-bond acceptors (Lipinski definition) is 2. The molecule has 0 unspecified atom stereocenters. The molecule has 1 heterocycles. The average Bonchev–Trinajstić information content (AvgIpc) is 2.47. The molecule has 0 radical (unpaired) electrons. The second-order valence-electron chi connectivity index (χ2n) is 3.26. The van der Waals surface area contributed by atoms with Gasteiger partial charge in [0.15, 0.2) is 0 Å². The summed E-state index contributed by atoms with van der Waals surface area (Å²) in [5, 5.41) is 2.22. The quantitative estimate of drug-likeness (QED) is 0.549. The molecular formula is C11H10N2O2. The van der Waals surface area contributed by atoms with Gasteiger partial charge in [0.2, 0.25) is 0 Å². The number of nitrogens with zero attached hydrogens (tertiary/aromatic N) is 1. The first-order valence-electron chi connectivity index (χ1n) is 4.54. The van der Waals surface area contributed by atoms with Crippen molar-refractivity contribution in [3.63, 3.8) is 0 Å². The highest BCUT2D eigenvalue weighted by atomic mass is 16.2. The van der Waals surface area contributed by atoms with Gasteiger partial charge in [0.1, 0.15) is 5.70 Å². The molecule has 0 spiro atoms. The van der Waals surface area contributed by atoms with Crippen LogP contribution in [0.25, 0.3) is 6.08 Å². The van der Waals surface area contributed by atoms with E-state index in [0.717, 1.165) is 5.56 Å². The van der Waals surface area contributed by atoms with Crippen molar-refractivity contribution in [2.45, 2.75) is 0 Å². The first kappa shape index (κ1) is 9.45. The minimum Gasteiger partial charge on any atom is -0.292 e. The van der Waals surface area contributed by atoms with Crippen LogP contribution in [0.5, 0.6) is 0 Å². The third-order valence-electron chi connectivity index (χ3n) is 2.22. The number of carbonyl (C=O) groups excluding carboxylic acids is 2. The van der Waals surface area contributed by atoms with Crippen LogP contribution in [0, 0.1) is 0 Å². The molecule has 0 saturated carbocycles. The van der Waals surface area contributed by atoms with E-state index in [1.807, 2.05) is 30.3 Å². The largest absolute Gasteiger partial charge is 0.328 e. The van der Waals surface area contributed by atoms with Crippen LogP contribution in [0.15, 0.2) is 36.0 Å². The molecule has 76 valence electrons. The lowest BCUT2D eigenvalue weighted by Crippen LogP contribution is -2.24. The molecule has 1 fully saturated rings. The molecule has 1 aliphatic heterocycles. The zero-order chi connectivity index (χ0) is 10.8. The molecule has 2 rings (SSSR count). The summed E-state index contributed by atoms with van der Waals surface area (Å²) < 4.78 is 0. The van der Waals surface area contributed by atoms with E-state index in [-0.39, 0.29) is 11.9 Å². The highest BCUT2D eigenvalue weighted by Crippen LogP contribution is 2.14. The van der Waals surface area contributed by atoms with E-state index in [1.165, 1.54) is 4.90 Å². The molecule has 1 aromatic carbocycles. The van der Waals surface area contributed by atoms with Crippen molar-refractivity contribution >= 4 is 18.0 Å². The Morgan fingerprint density at radius 2 is 1.87 bits per heavy atom. The minimum atomic E-state index is -0.387. The van der Waals surface area contributed by atoms with Crippen LogP contribution in [0.2, 0.25) is 0 Å². The van der Waals surface area contributed by atoms with Gasteiger partial charge in [-0.05, 0) is 11.6 Å². The van der Waals surface area contributed by atoms with Crippen LogP contribution in [0.3, 0.4) is 0 Å². The van der Waals surface area contributed by atoms with Crippen LogP contribution in [-0.2, 0) is 4.79 Å². The lowest BCUT2D eigenvalue weighted by molar-refractivity contribution is -0.115. The molecule has 0 bridgehead atoms. The molecule has 0 atom stereocenters. The summed E-state index contributed by atoms with van der Waals surface area (Å²) in [6, 6.07) is 9.00. The van der Waals surface area contributed by atoms with Gasteiger partial charge in [-0.1, -0.05) is 30.3 Å². The smallest absolute Gasteiger partial charge is 0.292 e. The Hall–Kier alpha value is -2.10. The summed E-state index contributed by atoms with van der Waals surface area (Å²) in [4.78, 5) is 23.8. The number of urea groups is 1. The predicted molar refractivity (Wildman–Crippen MR) is 55.7 cm³/mol. The number of nitrogens with one attached hydrogen (secondary N) is 1. The Kier molecular flexibility index (Phi) is 2.25. The van der Waals surface area contributed by atoms with Crippen molar-refractivity contribution < 1.29 is 9.59 Å². The van der Waals surface area contributed by atoms with Gasteiger partial charge in [-0.3, -0.25) is 15.0 Å². The zero-order valence-corrected chi connectivity index (χ0v) is 8.23. The van der Waals surface area contributed by atoms with Crippen molar-refractivity contribution in [2.75, 3.05) is 7.05 Å². The van der Waals surface area contributed by atoms with Gasteiger partial charge in [-0.25, -0.2) is 4.79 Å². The number of carbonyl (C=O) groups is 2. The SMILES string of the molecule is CN1C(=O)NC(=O)/C1=C/c1ccccc1. The van der Waals surface area contributed by atoms with Gasteiger partial charge in [-0.15, -0.1) is 0 Å². The van der Waals surface area contributed by atoms with Crippen molar-refractivity contribution in [1.82, 2.24) is 10.2 Å². The maximum Gasteiger partial charge on any atom is 0.328 e. The summed E-state index contributed by atoms with van der Waals surface area (Å²) in [7, 11) is 1.56. The second kappa shape index (κ2) is 3.57. The van der Waals surface area contributed by atoms with Gasteiger partial charge in [0.05, 0.1) is 0 Å². The molecule has 1 saturated heterocycles. The molecule has 0 aromatic heterocycles. The molecule has 4 heteroatoms. The van der Waals surface area contributed by atoms with E-state index in [4.69, 9.17) is 0 Å². The van der Waals surface area contributed by atoms with Crippen molar-refractivity contribution in [2.24, 2.45) is 0 Å². The molecule has 15 heavy (non-hydrogen) atoms. The van der Waals surface area contributed by atoms with Crippen LogP contribution >= 0.6 is 0 Å². The molecule has 1 aliphatic rings. The summed E-state index contributed by atoms with van der Waals surface area (Å²) in [5.74, 6) is -0.355. The van der Waals surface area contributed by atoms with Gasteiger partial charge >= 0.3 is 6.03 Å². The van der Waals surface area contributed by atoms with Crippen molar-refractivity contribution in [3.8, 4) is 0 Å². The highest BCUT2D eigenvalue weighted by Gasteiger charge is 2.29. The lowest BCUT2D eigenvalue weighted by atomic mass is 10.2. The van der Waals surface area contributed by atoms with Gasteiger partial charge in [0.25, 0.3) is 5.91 Å². The standard InChI is InChI=1S/C11H10N2O2/c1-13-9(10(14)12-11(13)15)7-8-5-3-2-4-6-8/h2-7H,1H3,(H,12,14,15)/b9-7-. The minimum absolute atomic E-state index is 0.355. The molecule has 4 nitrogen and oxygen atoms in total. The summed E-state index contributed by atoms with van der Waals surface area (Å²) in [5.41, 5.74) is 1.26. The molecule has 0 aliphatic carbocycles. The third kappa shape index (κ3) is 1.74. The Morgan fingerprint density at radius 3 is 2.40 bits per heavy atom. The van der Waals surface area contributed by atoms with Crippen LogP contribution in [0.4, 0.5) is 4.79 Å². The van der Waals surface area contributed by atoms with Crippen LogP contribution in [-0.4, -0.2) is 23.9 Å². The van der Waals surface area contributed by atoms with Crippen molar-refractivity contribution in [3.05, 3.63) is 41.6 Å². The monoisotopic (exact) mass is 202 g/mol. The lowest BCUT2D eigenvalue weighted by Gasteiger charge is -2.06. The van der Waals surface area contributed by atoms with Crippen LogP contribution < -0.4 is 5.32 Å². The number of hydrogen-bond donors (Lipinski definition) is 1. The first-order valence-corrected chi connectivity index (χ1v) is 4.54. The number of rotatable bonds is 1. The van der Waals surface area contributed by atoms with Gasteiger partial charge in [0, 0.05) is 7.05 Å². The summed E-state index contributed by atoms with van der Waals surface area (Å²) in [6.45, 7) is 0. The molecular weight excluding hydrogens is 192 g/mol. The van der Waals surface area contributed by atoms with E-state index in [2.05, 4.69) is 5.32 Å². The van der Waals surface area contributed by atoms with E-state index in [1.54, 1.807) is 13.1 Å².